The number of para-hydroxylation sites is 1. The molecular formula is C24H18F2N4O4. The number of hydrogen-bond acceptors (Lipinski definition) is 5. The minimum atomic E-state index is -1.37. The molecule has 0 aliphatic heterocycles. The number of pyridine rings is 1. The number of carbonyl (C=O) groups excluding carboxylic acids is 2. The van der Waals surface area contributed by atoms with Crippen LogP contribution < -0.4 is 15.6 Å². The van der Waals surface area contributed by atoms with E-state index in [-0.39, 0.29) is 17.0 Å². The van der Waals surface area contributed by atoms with Gasteiger partial charge in [-0.1, -0.05) is 18.2 Å². The van der Waals surface area contributed by atoms with E-state index in [4.69, 9.17) is 4.74 Å². The third-order valence-electron chi connectivity index (χ3n) is 5.18. The Balaban J connectivity index is 1.62. The van der Waals surface area contributed by atoms with Gasteiger partial charge in [0.05, 0.1) is 17.1 Å². The summed E-state index contributed by atoms with van der Waals surface area (Å²) in [4.78, 5) is 40.4. The second-order valence-corrected chi connectivity index (χ2v) is 7.27. The normalized spacial score (nSPS) is 10.7. The molecule has 0 aliphatic rings. The molecule has 34 heavy (non-hydrogen) atoms. The highest BCUT2D eigenvalue weighted by Crippen LogP contribution is 2.30. The molecule has 0 spiro atoms. The van der Waals surface area contributed by atoms with Gasteiger partial charge >= 0.3 is 0 Å². The van der Waals surface area contributed by atoms with Crippen LogP contribution in [0.1, 0.15) is 26.5 Å². The van der Waals surface area contributed by atoms with Crippen molar-refractivity contribution in [2.75, 3.05) is 5.32 Å². The van der Waals surface area contributed by atoms with E-state index in [1.54, 1.807) is 44.3 Å². The molecule has 10 heteroatoms. The lowest BCUT2D eigenvalue weighted by Crippen LogP contribution is -2.25. The second-order valence-electron chi connectivity index (χ2n) is 7.27. The van der Waals surface area contributed by atoms with Gasteiger partial charge in [-0.3, -0.25) is 24.0 Å². The monoisotopic (exact) mass is 464 g/mol. The van der Waals surface area contributed by atoms with Crippen LogP contribution in [0.2, 0.25) is 0 Å². The highest BCUT2D eigenvalue weighted by molar-refractivity contribution is 6.05. The second kappa shape index (κ2) is 9.10. The van der Waals surface area contributed by atoms with Gasteiger partial charge in [-0.2, -0.15) is 4.39 Å². The van der Waals surface area contributed by atoms with Crippen LogP contribution in [0.15, 0.2) is 65.6 Å². The van der Waals surface area contributed by atoms with Crippen LogP contribution >= 0.6 is 0 Å². The quantitative estimate of drug-likeness (QED) is 0.435. The van der Waals surface area contributed by atoms with Crippen LogP contribution in [0.5, 0.6) is 11.5 Å². The molecule has 2 heterocycles. The number of nitrogens with zero attached hydrogens (tertiary/aromatic N) is 3. The zero-order chi connectivity index (χ0) is 24.4. The summed E-state index contributed by atoms with van der Waals surface area (Å²) in [7, 11) is 1.61. The number of benzene rings is 2. The molecule has 0 fully saturated rings. The van der Waals surface area contributed by atoms with Gasteiger partial charge in [0, 0.05) is 19.3 Å². The van der Waals surface area contributed by atoms with Gasteiger partial charge in [-0.05, 0) is 37.3 Å². The Bertz CT molecular complexity index is 1460. The predicted octanol–water partition coefficient (Wildman–Crippen LogP) is 4.01. The van der Waals surface area contributed by atoms with Gasteiger partial charge < -0.3 is 10.1 Å². The number of amides is 1. The highest BCUT2D eigenvalue weighted by atomic mass is 19.2. The standard InChI is InChI=1S/C24H18F2N4O4/c1-14-20(24(33)30(29(14)2)16-6-4-3-5-7-16)23(32)28-18-8-9-19(22(26)21(18)25)34-17-10-11-27-15(12-17)13-31/h3-13H,1-2H3,(H,28,32). The molecule has 0 unspecified atom stereocenters. The van der Waals surface area contributed by atoms with E-state index in [0.717, 1.165) is 12.1 Å². The average molecular weight is 464 g/mol. The van der Waals surface area contributed by atoms with Gasteiger partial charge in [0.1, 0.15) is 17.0 Å². The maximum absolute atomic E-state index is 14.7. The maximum Gasteiger partial charge on any atom is 0.284 e. The van der Waals surface area contributed by atoms with Crippen molar-refractivity contribution in [3.05, 3.63) is 99.7 Å². The van der Waals surface area contributed by atoms with Crippen molar-refractivity contribution >= 4 is 17.9 Å². The molecule has 4 aromatic rings. The van der Waals surface area contributed by atoms with Crippen molar-refractivity contribution in [1.82, 2.24) is 14.3 Å². The maximum atomic E-state index is 14.7. The highest BCUT2D eigenvalue weighted by Gasteiger charge is 2.24. The van der Waals surface area contributed by atoms with E-state index in [1.165, 1.54) is 27.7 Å². The van der Waals surface area contributed by atoms with E-state index >= 15 is 0 Å². The zero-order valence-electron chi connectivity index (χ0n) is 18.1. The molecule has 0 radical (unpaired) electrons. The van der Waals surface area contributed by atoms with Gasteiger partial charge in [-0.25, -0.2) is 9.07 Å². The lowest BCUT2D eigenvalue weighted by atomic mass is 10.2. The first-order valence-electron chi connectivity index (χ1n) is 10.0. The van der Waals surface area contributed by atoms with Crippen molar-refractivity contribution in [2.45, 2.75) is 6.92 Å². The van der Waals surface area contributed by atoms with Crippen molar-refractivity contribution in [3.63, 3.8) is 0 Å². The van der Waals surface area contributed by atoms with E-state index < -0.39 is 34.5 Å². The first-order valence-corrected chi connectivity index (χ1v) is 10.0. The molecule has 1 amide bonds. The number of carbonyl (C=O) groups is 2. The summed E-state index contributed by atoms with van der Waals surface area (Å²) in [5.74, 6) is -3.99. The van der Waals surface area contributed by atoms with Gasteiger partial charge in [0.15, 0.2) is 17.9 Å². The third kappa shape index (κ3) is 4.08. The van der Waals surface area contributed by atoms with Crippen LogP contribution in [0.4, 0.5) is 14.5 Å². The van der Waals surface area contributed by atoms with E-state index in [9.17, 15) is 23.2 Å². The minimum Gasteiger partial charge on any atom is -0.454 e. The number of aldehydes is 1. The molecule has 2 aromatic carbocycles. The van der Waals surface area contributed by atoms with Crippen LogP contribution in [0.25, 0.3) is 5.69 Å². The Kier molecular flexibility index (Phi) is 6.05. The molecule has 8 nitrogen and oxygen atoms in total. The molecule has 2 aromatic heterocycles. The first-order chi connectivity index (χ1) is 16.3. The van der Waals surface area contributed by atoms with Crippen molar-refractivity contribution in [1.29, 1.82) is 0 Å². The Morgan fingerprint density at radius 2 is 1.82 bits per heavy atom. The predicted molar refractivity (Wildman–Crippen MR) is 120 cm³/mol. The molecule has 0 bridgehead atoms. The average Bonchev–Trinajstić information content (AvgIpc) is 3.07. The van der Waals surface area contributed by atoms with E-state index in [1.807, 2.05) is 0 Å². The Hall–Kier alpha value is -4.60. The topological polar surface area (TPSA) is 95.2 Å². The summed E-state index contributed by atoms with van der Waals surface area (Å²) in [6.45, 7) is 1.58. The summed E-state index contributed by atoms with van der Waals surface area (Å²) in [5.41, 5.74) is -0.327. The molecule has 172 valence electrons. The number of ether oxygens (including phenoxy) is 1. The summed E-state index contributed by atoms with van der Waals surface area (Å²) >= 11 is 0. The fourth-order valence-electron chi connectivity index (χ4n) is 3.40. The number of rotatable bonds is 6. The van der Waals surface area contributed by atoms with Crippen LogP contribution in [-0.4, -0.2) is 26.5 Å². The zero-order valence-corrected chi connectivity index (χ0v) is 18.1. The Morgan fingerprint density at radius 1 is 1.09 bits per heavy atom. The minimum absolute atomic E-state index is 0.0571. The number of aromatic nitrogens is 3. The number of nitrogens with one attached hydrogen (secondary N) is 1. The van der Waals surface area contributed by atoms with Crippen molar-refractivity contribution < 1.29 is 23.1 Å². The smallest absolute Gasteiger partial charge is 0.284 e. The molecule has 0 saturated heterocycles. The summed E-state index contributed by atoms with van der Waals surface area (Å²) in [6, 6.07) is 13.6. The van der Waals surface area contributed by atoms with Crippen LogP contribution in [-0.2, 0) is 7.05 Å². The fraction of sp³-hybridized carbons (Fsp3) is 0.0833. The largest absolute Gasteiger partial charge is 0.454 e. The summed E-state index contributed by atoms with van der Waals surface area (Å²) in [6.07, 6.45) is 1.77. The lowest BCUT2D eigenvalue weighted by molar-refractivity contribution is 0.102. The van der Waals surface area contributed by atoms with Gasteiger partial charge in [0.2, 0.25) is 5.82 Å². The fourth-order valence-corrected chi connectivity index (χ4v) is 3.40. The number of anilines is 1. The van der Waals surface area contributed by atoms with Crippen molar-refractivity contribution in [3.8, 4) is 17.2 Å². The van der Waals surface area contributed by atoms with E-state index in [2.05, 4.69) is 10.3 Å². The molecule has 4 rings (SSSR count). The molecule has 0 atom stereocenters. The lowest BCUT2D eigenvalue weighted by Gasteiger charge is -2.11. The SMILES string of the molecule is Cc1c(C(=O)Nc2ccc(Oc3ccnc(C=O)c3)c(F)c2F)c(=O)n(-c2ccccc2)n1C. The Morgan fingerprint density at radius 3 is 2.53 bits per heavy atom. The van der Waals surface area contributed by atoms with Crippen molar-refractivity contribution in [2.24, 2.45) is 7.05 Å². The third-order valence-corrected chi connectivity index (χ3v) is 5.18. The number of halogens is 2. The molecule has 0 saturated carbocycles. The molecular weight excluding hydrogens is 446 g/mol. The van der Waals surface area contributed by atoms with Gasteiger partial charge in [0.25, 0.3) is 11.5 Å². The van der Waals surface area contributed by atoms with E-state index in [0.29, 0.717) is 17.7 Å². The van der Waals surface area contributed by atoms with Crippen LogP contribution in [0, 0.1) is 18.6 Å². The number of hydrogen-bond donors (Lipinski definition) is 1. The summed E-state index contributed by atoms with van der Waals surface area (Å²) in [5, 5.41) is 2.26. The van der Waals surface area contributed by atoms with Gasteiger partial charge in [-0.15, -0.1) is 0 Å². The first kappa shape index (κ1) is 22.6. The molecule has 0 aliphatic carbocycles. The van der Waals surface area contributed by atoms with Crippen LogP contribution in [0.3, 0.4) is 0 Å². The Labute approximate surface area is 192 Å². The molecule has 1 N–H and O–H groups in total. The summed E-state index contributed by atoms with van der Waals surface area (Å²) < 4.78 is 37.4.